The summed E-state index contributed by atoms with van der Waals surface area (Å²) in [4.78, 5) is 26.8. The van der Waals surface area contributed by atoms with E-state index in [9.17, 15) is 9.59 Å². The van der Waals surface area contributed by atoms with Gasteiger partial charge < -0.3 is 19.4 Å². The minimum Gasteiger partial charge on any atom is -0.497 e. The Balaban J connectivity index is 1.79. The first-order chi connectivity index (χ1) is 13.5. The molecule has 0 spiro atoms. The van der Waals surface area contributed by atoms with E-state index in [1.54, 1.807) is 48.4 Å². The third kappa shape index (κ3) is 3.71. The van der Waals surface area contributed by atoms with Gasteiger partial charge in [-0.2, -0.15) is 0 Å². The molecule has 0 radical (unpaired) electrons. The Labute approximate surface area is 164 Å². The summed E-state index contributed by atoms with van der Waals surface area (Å²) < 4.78 is 11.0. The number of methoxy groups -OCH3 is 1. The Hall–Kier alpha value is -3.28. The van der Waals surface area contributed by atoms with Crippen molar-refractivity contribution in [1.29, 1.82) is 0 Å². The predicted octanol–water partition coefficient (Wildman–Crippen LogP) is 4.48. The predicted molar refractivity (Wildman–Crippen MR) is 109 cm³/mol. The van der Waals surface area contributed by atoms with E-state index in [0.29, 0.717) is 35.7 Å². The Morgan fingerprint density at radius 1 is 1.07 bits per heavy atom. The van der Waals surface area contributed by atoms with E-state index in [-0.39, 0.29) is 17.6 Å². The quantitative estimate of drug-likeness (QED) is 0.684. The van der Waals surface area contributed by atoms with Crippen molar-refractivity contribution in [3.05, 3.63) is 59.4 Å². The van der Waals surface area contributed by atoms with Crippen LogP contribution in [0.3, 0.4) is 0 Å². The smallest absolute Gasteiger partial charge is 0.291 e. The highest BCUT2D eigenvalue weighted by molar-refractivity contribution is 6.06. The summed E-state index contributed by atoms with van der Waals surface area (Å²) in [6.45, 7) is 7.04. The van der Waals surface area contributed by atoms with Crippen molar-refractivity contribution in [2.45, 2.75) is 20.8 Å². The van der Waals surface area contributed by atoms with Gasteiger partial charge in [0.25, 0.3) is 11.8 Å². The fourth-order valence-electron chi connectivity index (χ4n) is 3.12. The Bertz CT molecular complexity index is 1000. The molecule has 0 aliphatic heterocycles. The molecule has 1 heterocycles. The van der Waals surface area contributed by atoms with E-state index in [1.807, 2.05) is 26.8 Å². The zero-order chi connectivity index (χ0) is 20.3. The number of benzene rings is 2. The van der Waals surface area contributed by atoms with Crippen molar-refractivity contribution >= 4 is 28.5 Å². The summed E-state index contributed by atoms with van der Waals surface area (Å²) >= 11 is 0. The molecule has 0 aliphatic rings. The van der Waals surface area contributed by atoms with Crippen LogP contribution < -0.4 is 10.1 Å². The molecule has 146 valence electrons. The number of carbonyl (C=O) groups is 2. The fourth-order valence-corrected chi connectivity index (χ4v) is 3.12. The summed E-state index contributed by atoms with van der Waals surface area (Å²) in [7, 11) is 1.60. The van der Waals surface area contributed by atoms with Crippen LogP contribution in [-0.2, 0) is 0 Å². The lowest BCUT2D eigenvalue weighted by Crippen LogP contribution is -2.30. The molecule has 2 aromatic carbocycles. The number of nitrogens with one attached hydrogen (secondary N) is 1. The zero-order valence-corrected chi connectivity index (χ0v) is 16.5. The molecule has 0 aliphatic carbocycles. The molecule has 1 aromatic heterocycles. The van der Waals surface area contributed by atoms with E-state index in [4.69, 9.17) is 9.15 Å². The topological polar surface area (TPSA) is 71.8 Å². The first kappa shape index (κ1) is 19.5. The summed E-state index contributed by atoms with van der Waals surface area (Å²) in [6.07, 6.45) is 0. The number of carbonyl (C=O) groups excluding carboxylic acids is 2. The SMILES string of the molecule is CCN(CC)C(=O)c1ccc(NC(=O)c2oc3ccc(OC)cc3c2C)cc1. The second-order valence-corrected chi connectivity index (χ2v) is 6.43. The van der Waals surface area contributed by atoms with Crippen molar-refractivity contribution in [1.82, 2.24) is 4.90 Å². The maximum atomic E-state index is 12.7. The number of aryl methyl sites for hydroxylation is 1. The van der Waals surface area contributed by atoms with Crippen LogP contribution in [0.1, 0.15) is 40.3 Å². The van der Waals surface area contributed by atoms with Crippen LogP contribution in [0.5, 0.6) is 5.75 Å². The number of ether oxygens (including phenoxy) is 1. The van der Waals surface area contributed by atoms with E-state index in [1.165, 1.54) is 0 Å². The monoisotopic (exact) mass is 380 g/mol. The number of amides is 2. The maximum absolute atomic E-state index is 12.7. The number of fused-ring (bicyclic) bond motifs is 1. The number of furan rings is 1. The lowest BCUT2D eigenvalue weighted by atomic mass is 10.1. The van der Waals surface area contributed by atoms with E-state index in [0.717, 1.165) is 10.9 Å². The van der Waals surface area contributed by atoms with Gasteiger partial charge >= 0.3 is 0 Å². The second kappa shape index (κ2) is 8.17. The summed E-state index contributed by atoms with van der Waals surface area (Å²) in [6, 6.07) is 12.3. The van der Waals surface area contributed by atoms with Gasteiger partial charge in [-0.25, -0.2) is 0 Å². The highest BCUT2D eigenvalue weighted by atomic mass is 16.5. The van der Waals surface area contributed by atoms with Gasteiger partial charge in [0.2, 0.25) is 0 Å². The largest absolute Gasteiger partial charge is 0.497 e. The van der Waals surface area contributed by atoms with Gasteiger partial charge in [-0.05, 0) is 63.2 Å². The highest BCUT2D eigenvalue weighted by Gasteiger charge is 2.19. The number of hydrogen-bond acceptors (Lipinski definition) is 4. The van der Waals surface area contributed by atoms with Crippen LogP contribution in [0.2, 0.25) is 0 Å². The van der Waals surface area contributed by atoms with Crippen LogP contribution in [0.15, 0.2) is 46.9 Å². The molecule has 0 bridgehead atoms. The molecule has 0 saturated carbocycles. The van der Waals surface area contributed by atoms with Crippen LogP contribution in [-0.4, -0.2) is 36.9 Å². The highest BCUT2D eigenvalue weighted by Crippen LogP contribution is 2.29. The van der Waals surface area contributed by atoms with Crippen molar-refractivity contribution < 1.29 is 18.7 Å². The molecule has 0 unspecified atom stereocenters. The second-order valence-electron chi connectivity index (χ2n) is 6.43. The van der Waals surface area contributed by atoms with Gasteiger partial charge in [0, 0.05) is 35.3 Å². The van der Waals surface area contributed by atoms with Gasteiger partial charge in [0.05, 0.1) is 7.11 Å². The Morgan fingerprint density at radius 2 is 1.75 bits per heavy atom. The Morgan fingerprint density at radius 3 is 2.36 bits per heavy atom. The average Bonchev–Trinajstić information content (AvgIpc) is 3.05. The van der Waals surface area contributed by atoms with Gasteiger partial charge in [0.1, 0.15) is 11.3 Å². The molecule has 3 rings (SSSR count). The molecule has 28 heavy (non-hydrogen) atoms. The minimum absolute atomic E-state index is 0.0232. The third-order valence-corrected chi connectivity index (χ3v) is 4.79. The van der Waals surface area contributed by atoms with Gasteiger partial charge in [-0.1, -0.05) is 0 Å². The van der Waals surface area contributed by atoms with Crippen LogP contribution in [0.25, 0.3) is 11.0 Å². The minimum atomic E-state index is -0.338. The normalized spacial score (nSPS) is 10.7. The van der Waals surface area contributed by atoms with Gasteiger partial charge in [-0.15, -0.1) is 0 Å². The van der Waals surface area contributed by atoms with Crippen molar-refractivity contribution in [2.24, 2.45) is 0 Å². The molecule has 2 amide bonds. The van der Waals surface area contributed by atoms with Gasteiger partial charge in [0.15, 0.2) is 5.76 Å². The molecule has 6 nitrogen and oxygen atoms in total. The molecule has 0 saturated heterocycles. The first-order valence-electron chi connectivity index (χ1n) is 9.26. The fraction of sp³-hybridized carbons (Fsp3) is 0.273. The summed E-state index contributed by atoms with van der Waals surface area (Å²) in [5.74, 6) is 0.601. The Kier molecular flexibility index (Phi) is 5.68. The number of anilines is 1. The number of nitrogens with zero attached hydrogens (tertiary/aromatic N) is 1. The van der Waals surface area contributed by atoms with Crippen molar-refractivity contribution in [3.63, 3.8) is 0 Å². The molecule has 3 aromatic rings. The lowest BCUT2D eigenvalue weighted by molar-refractivity contribution is 0.0773. The van der Waals surface area contributed by atoms with E-state index >= 15 is 0 Å². The molecule has 0 fully saturated rings. The standard InChI is InChI=1S/C22H24N2O4/c1-5-24(6-2)22(26)15-7-9-16(10-8-15)23-21(25)20-14(3)18-13-17(27-4)11-12-19(18)28-20/h7-13H,5-6H2,1-4H3,(H,23,25). The van der Waals surface area contributed by atoms with Gasteiger partial charge in [-0.3, -0.25) is 9.59 Å². The molecule has 0 atom stereocenters. The van der Waals surface area contributed by atoms with E-state index in [2.05, 4.69) is 5.32 Å². The van der Waals surface area contributed by atoms with Crippen LogP contribution >= 0.6 is 0 Å². The average molecular weight is 380 g/mol. The van der Waals surface area contributed by atoms with E-state index < -0.39 is 0 Å². The summed E-state index contributed by atoms with van der Waals surface area (Å²) in [5, 5.41) is 3.66. The van der Waals surface area contributed by atoms with Crippen molar-refractivity contribution in [2.75, 3.05) is 25.5 Å². The lowest BCUT2D eigenvalue weighted by Gasteiger charge is -2.18. The third-order valence-electron chi connectivity index (χ3n) is 4.79. The van der Waals surface area contributed by atoms with Crippen LogP contribution in [0, 0.1) is 6.92 Å². The molecule has 1 N–H and O–H groups in total. The molecular formula is C22H24N2O4. The summed E-state index contributed by atoms with van der Waals surface area (Å²) in [5.41, 5.74) is 2.57. The van der Waals surface area contributed by atoms with Crippen LogP contribution in [0.4, 0.5) is 5.69 Å². The number of hydrogen-bond donors (Lipinski definition) is 1. The zero-order valence-electron chi connectivity index (χ0n) is 16.5. The van der Waals surface area contributed by atoms with Crippen molar-refractivity contribution in [3.8, 4) is 5.75 Å². The first-order valence-corrected chi connectivity index (χ1v) is 9.26. The molecular weight excluding hydrogens is 356 g/mol. The number of rotatable bonds is 6. The maximum Gasteiger partial charge on any atom is 0.291 e. The molecule has 6 heteroatoms.